The highest BCUT2D eigenvalue weighted by Crippen LogP contribution is 2.35. The van der Waals surface area contributed by atoms with E-state index in [2.05, 4.69) is 69.8 Å². The number of carbonyl (C=O) groups excluding carboxylic acids is 1. The van der Waals surface area contributed by atoms with Crippen LogP contribution in [0, 0.1) is 5.41 Å². The Balaban J connectivity index is 1.46. The Morgan fingerprint density at radius 2 is 1.68 bits per heavy atom. The van der Waals surface area contributed by atoms with E-state index in [1.807, 2.05) is 31.5 Å². The first kappa shape index (κ1) is 21.3. The lowest BCUT2D eigenvalue weighted by atomic mass is 9.79. The zero-order chi connectivity index (χ0) is 21.5. The maximum atomic E-state index is 13.1. The van der Waals surface area contributed by atoms with Crippen molar-refractivity contribution < 1.29 is 4.79 Å². The van der Waals surface area contributed by atoms with Gasteiger partial charge in [0.25, 0.3) is 0 Å². The fourth-order valence-electron chi connectivity index (χ4n) is 4.59. The van der Waals surface area contributed by atoms with Gasteiger partial charge in [-0.2, -0.15) is 0 Å². The quantitative estimate of drug-likeness (QED) is 0.597. The SMILES string of the molecule is CCNC(=O)[C@@]1(Cc2ccc(-c3ccncc3)cc2)CCN(CCc2ccccc2)C1. The lowest BCUT2D eigenvalue weighted by Crippen LogP contribution is -2.44. The number of hydrogen-bond acceptors (Lipinski definition) is 3. The Morgan fingerprint density at radius 1 is 0.968 bits per heavy atom. The van der Waals surface area contributed by atoms with Crippen molar-refractivity contribution in [3.63, 3.8) is 0 Å². The number of likely N-dealkylation sites (tertiary alicyclic amines) is 1. The molecule has 1 aliphatic heterocycles. The van der Waals surface area contributed by atoms with E-state index in [0.717, 1.165) is 44.5 Å². The maximum Gasteiger partial charge on any atom is 0.227 e. The van der Waals surface area contributed by atoms with Crippen molar-refractivity contribution >= 4 is 5.91 Å². The summed E-state index contributed by atoms with van der Waals surface area (Å²) in [6, 6.07) is 23.3. The third kappa shape index (κ3) is 5.20. The Morgan fingerprint density at radius 3 is 2.39 bits per heavy atom. The normalized spacial score (nSPS) is 18.7. The van der Waals surface area contributed by atoms with Crippen LogP contribution in [-0.4, -0.2) is 42.0 Å². The van der Waals surface area contributed by atoms with Crippen molar-refractivity contribution in [3.8, 4) is 11.1 Å². The second-order valence-corrected chi connectivity index (χ2v) is 8.51. The van der Waals surface area contributed by atoms with E-state index in [0.29, 0.717) is 6.54 Å². The summed E-state index contributed by atoms with van der Waals surface area (Å²) in [5.41, 5.74) is 4.55. The number of amides is 1. The molecule has 0 unspecified atom stereocenters. The van der Waals surface area contributed by atoms with Crippen molar-refractivity contribution in [1.82, 2.24) is 15.2 Å². The zero-order valence-corrected chi connectivity index (χ0v) is 18.3. The van der Waals surface area contributed by atoms with Crippen LogP contribution in [0.25, 0.3) is 11.1 Å². The fourth-order valence-corrected chi connectivity index (χ4v) is 4.59. The van der Waals surface area contributed by atoms with Crippen molar-refractivity contribution in [2.75, 3.05) is 26.2 Å². The first-order chi connectivity index (χ1) is 15.2. The van der Waals surface area contributed by atoms with Gasteiger partial charge in [0.2, 0.25) is 5.91 Å². The summed E-state index contributed by atoms with van der Waals surface area (Å²) in [4.78, 5) is 19.7. The lowest BCUT2D eigenvalue weighted by Gasteiger charge is -2.28. The van der Waals surface area contributed by atoms with Crippen LogP contribution in [0.3, 0.4) is 0 Å². The van der Waals surface area contributed by atoms with Gasteiger partial charge in [0.1, 0.15) is 0 Å². The van der Waals surface area contributed by atoms with Crippen molar-refractivity contribution in [1.29, 1.82) is 0 Å². The second-order valence-electron chi connectivity index (χ2n) is 8.51. The third-order valence-corrected chi connectivity index (χ3v) is 6.32. The number of nitrogens with zero attached hydrogens (tertiary/aromatic N) is 2. The van der Waals surface area contributed by atoms with Gasteiger partial charge in [-0.3, -0.25) is 9.78 Å². The number of benzene rings is 2. The molecule has 4 rings (SSSR count). The Bertz CT molecular complexity index is 972. The minimum atomic E-state index is -0.356. The maximum absolute atomic E-state index is 13.1. The van der Waals surface area contributed by atoms with Crippen LogP contribution in [-0.2, 0) is 17.6 Å². The van der Waals surface area contributed by atoms with Gasteiger partial charge in [-0.25, -0.2) is 0 Å². The van der Waals surface area contributed by atoms with E-state index in [9.17, 15) is 4.79 Å². The van der Waals surface area contributed by atoms with Crippen molar-refractivity contribution in [2.45, 2.75) is 26.2 Å². The number of carbonyl (C=O) groups is 1. The molecular weight excluding hydrogens is 382 g/mol. The minimum Gasteiger partial charge on any atom is -0.356 e. The molecule has 3 aromatic rings. The van der Waals surface area contributed by atoms with Crippen LogP contribution in [0.4, 0.5) is 0 Å². The summed E-state index contributed by atoms with van der Waals surface area (Å²) < 4.78 is 0. The Hall–Kier alpha value is -2.98. The van der Waals surface area contributed by atoms with Gasteiger partial charge < -0.3 is 10.2 Å². The molecule has 1 atom stereocenters. The molecule has 2 heterocycles. The Kier molecular flexibility index (Phi) is 6.78. The number of aromatic nitrogens is 1. The van der Waals surface area contributed by atoms with E-state index in [4.69, 9.17) is 0 Å². The molecule has 0 aliphatic carbocycles. The first-order valence-electron chi connectivity index (χ1n) is 11.2. The molecule has 1 aromatic heterocycles. The van der Waals surface area contributed by atoms with Crippen molar-refractivity contribution in [3.05, 3.63) is 90.3 Å². The molecule has 1 N–H and O–H groups in total. The van der Waals surface area contributed by atoms with Gasteiger partial charge >= 0.3 is 0 Å². The molecule has 0 saturated carbocycles. The predicted molar refractivity (Wildman–Crippen MR) is 126 cm³/mol. The van der Waals surface area contributed by atoms with Crippen LogP contribution in [0.5, 0.6) is 0 Å². The second kappa shape index (κ2) is 9.88. The number of pyridine rings is 1. The zero-order valence-electron chi connectivity index (χ0n) is 18.3. The molecule has 4 heteroatoms. The molecule has 0 bridgehead atoms. The standard InChI is InChI=1S/C27H31N3O/c1-2-29-26(31)27(15-19-30(21-27)18-14-22-6-4-3-5-7-22)20-23-8-10-24(11-9-23)25-12-16-28-17-13-25/h3-13,16-17H,2,14-15,18-21H2,1H3,(H,29,31)/t27-/m1/s1. The van der Waals surface area contributed by atoms with Crippen LogP contribution in [0.15, 0.2) is 79.1 Å². The third-order valence-electron chi connectivity index (χ3n) is 6.32. The molecular formula is C27H31N3O. The summed E-state index contributed by atoms with van der Waals surface area (Å²) in [5.74, 6) is 0.190. The van der Waals surface area contributed by atoms with Gasteiger partial charge in [-0.1, -0.05) is 54.6 Å². The van der Waals surface area contributed by atoms with Crippen LogP contribution in [0.1, 0.15) is 24.5 Å². The number of nitrogens with one attached hydrogen (secondary N) is 1. The van der Waals surface area contributed by atoms with Gasteiger partial charge in [-0.15, -0.1) is 0 Å². The first-order valence-corrected chi connectivity index (χ1v) is 11.2. The number of hydrogen-bond donors (Lipinski definition) is 1. The largest absolute Gasteiger partial charge is 0.356 e. The topological polar surface area (TPSA) is 45.2 Å². The summed E-state index contributed by atoms with van der Waals surface area (Å²) in [6.45, 7) is 5.45. The van der Waals surface area contributed by atoms with Gasteiger partial charge in [0.15, 0.2) is 0 Å². The molecule has 1 fully saturated rings. The van der Waals surface area contributed by atoms with Gasteiger partial charge in [0.05, 0.1) is 5.41 Å². The lowest BCUT2D eigenvalue weighted by molar-refractivity contribution is -0.130. The van der Waals surface area contributed by atoms with E-state index < -0.39 is 0 Å². The minimum absolute atomic E-state index is 0.190. The van der Waals surface area contributed by atoms with Gasteiger partial charge in [0, 0.05) is 32.0 Å². The van der Waals surface area contributed by atoms with Crippen LogP contribution < -0.4 is 5.32 Å². The molecule has 1 amide bonds. The van der Waals surface area contributed by atoms with E-state index >= 15 is 0 Å². The molecule has 0 radical (unpaired) electrons. The van der Waals surface area contributed by atoms with E-state index in [1.54, 1.807) is 0 Å². The highest BCUT2D eigenvalue weighted by Gasteiger charge is 2.44. The fraction of sp³-hybridized carbons (Fsp3) is 0.333. The molecule has 4 nitrogen and oxygen atoms in total. The van der Waals surface area contributed by atoms with Crippen LogP contribution in [0.2, 0.25) is 0 Å². The highest BCUT2D eigenvalue weighted by molar-refractivity contribution is 5.83. The molecule has 160 valence electrons. The summed E-state index contributed by atoms with van der Waals surface area (Å²) >= 11 is 0. The highest BCUT2D eigenvalue weighted by atomic mass is 16.2. The summed E-state index contributed by atoms with van der Waals surface area (Å²) in [7, 11) is 0. The smallest absolute Gasteiger partial charge is 0.227 e. The molecule has 2 aromatic carbocycles. The molecule has 31 heavy (non-hydrogen) atoms. The summed E-state index contributed by atoms with van der Waals surface area (Å²) in [5, 5.41) is 3.11. The van der Waals surface area contributed by atoms with E-state index in [-0.39, 0.29) is 11.3 Å². The summed E-state index contributed by atoms with van der Waals surface area (Å²) in [6.07, 6.45) is 6.33. The van der Waals surface area contributed by atoms with Crippen LogP contribution >= 0.6 is 0 Å². The van der Waals surface area contributed by atoms with Crippen molar-refractivity contribution in [2.24, 2.45) is 5.41 Å². The number of rotatable bonds is 8. The molecule has 1 aliphatic rings. The Labute approximate surface area is 185 Å². The molecule has 1 saturated heterocycles. The van der Waals surface area contributed by atoms with E-state index in [1.165, 1.54) is 16.7 Å². The predicted octanol–water partition coefficient (Wildman–Crippen LogP) is 4.36. The monoisotopic (exact) mass is 413 g/mol. The average molecular weight is 414 g/mol. The van der Waals surface area contributed by atoms with Gasteiger partial charge in [-0.05, 0) is 67.1 Å². The molecule has 0 spiro atoms. The average Bonchev–Trinajstić information content (AvgIpc) is 3.24.